The van der Waals surface area contributed by atoms with E-state index >= 15 is 0 Å². The number of likely N-dealkylation sites (tertiary alicyclic amines) is 1. The zero-order chi connectivity index (χ0) is 19.9. The highest BCUT2D eigenvalue weighted by atomic mass is 32.2. The van der Waals surface area contributed by atoms with Crippen molar-refractivity contribution in [3.05, 3.63) is 36.0 Å². The van der Waals surface area contributed by atoms with Crippen LogP contribution in [0.3, 0.4) is 0 Å². The van der Waals surface area contributed by atoms with Crippen molar-refractivity contribution in [2.45, 2.75) is 25.8 Å². The minimum atomic E-state index is -0.239. The van der Waals surface area contributed by atoms with Gasteiger partial charge in [-0.05, 0) is 25.8 Å². The van der Waals surface area contributed by atoms with Gasteiger partial charge in [0.2, 0.25) is 11.8 Å². The summed E-state index contributed by atoms with van der Waals surface area (Å²) in [6.45, 7) is 2.91. The van der Waals surface area contributed by atoms with Gasteiger partial charge in [-0.25, -0.2) is 0 Å². The molecular formula is C18H22N4O5S. The summed E-state index contributed by atoms with van der Waals surface area (Å²) in [5.74, 6) is 0.912. The third-order valence-electron chi connectivity index (χ3n) is 4.28. The number of piperidine rings is 1. The highest BCUT2D eigenvalue weighted by Crippen LogP contribution is 2.15. The average Bonchev–Trinajstić information content (AvgIpc) is 3.34. The molecular weight excluding hydrogens is 384 g/mol. The Morgan fingerprint density at radius 3 is 2.64 bits per heavy atom. The molecule has 0 radical (unpaired) electrons. The monoisotopic (exact) mass is 406 g/mol. The van der Waals surface area contributed by atoms with E-state index in [1.165, 1.54) is 24.3 Å². The van der Waals surface area contributed by atoms with Crippen LogP contribution in [-0.4, -0.2) is 58.4 Å². The number of carbonyl (C=O) groups is 3. The molecule has 1 fully saturated rings. The molecule has 3 rings (SSSR count). The molecule has 0 atom stereocenters. The molecule has 9 nitrogen and oxygen atoms in total. The standard InChI is InChI=1S/C18H22N4O5S/c1-12-8-15(21-27-12)20-17(24)11-28-10-16(23)19-14-2-5-22(6-3-14)18(25)13-4-7-26-9-13/h4,7-9,14H,2-3,5-6,10-11H2,1H3,(H,19,23)(H,20,21,24). The van der Waals surface area contributed by atoms with Crippen molar-refractivity contribution in [2.75, 3.05) is 29.9 Å². The molecule has 2 aromatic heterocycles. The fourth-order valence-electron chi connectivity index (χ4n) is 2.91. The van der Waals surface area contributed by atoms with Crippen LogP contribution in [-0.2, 0) is 9.59 Å². The molecule has 10 heteroatoms. The van der Waals surface area contributed by atoms with Crippen LogP contribution in [0.2, 0.25) is 0 Å². The maximum atomic E-state index is 12.3. The first kappa shape index (κ1) is 20.0. The van der Waals surface area contributed by atoms with Crippen LogP contribution < -0.4 is 10.6 Å². The summed E-state index contributed by atoms with van der Waals surface area (Å²) in [5, 5.41) is 9.25. The number of furan rings is 1. The number of aromatic nitrogens is 1. The van der Waals surface area contributed by atoms with Gasteiger partial charge in [-0.2, -0.15) is 0 Å². The predicted octanol–water partition coefficient (Wildman–Crippen LogP) is 1.67. The SMILES string of the molecule is Cc1cc(NC(=O)CSCC(=O)NC2CCN(C(=O)c3ccoc3)CC2)no1. The maximum Gasteiger partial charge on any atom is 0.257 e. The van der Waals surface area contributed by atoms with Crippen LogP contribution in [0.1, 0.15) is 29.0 Å². The summed E-state index contributed by atoms with van der Waals surface area (Å²) in [6, 6.07) is 3.31. The van der Waals surface area contributed by atoms with Gasteiger partial charge in [0.05, 0.1) is 23.3 Å². The van der Waals surface area contributed by atoms with Gasteiger partial charge in [-0.15, -0.1) is 11.8 Å². The Balaban J connectivity index is 1.31. The Morgan fingerprint density at radius 1 is 1.25 bits per heavy atom. The Bertz CT molecular complexity index is 812. The molecule has 3 heterocycles. The van der Waals surface area contributed by atoms with Crippen molar-refractivity contribution in [1.29, 1.82) is 0 Å². The fraction of sp³-hybridized carbons (Fsp3) is 0.444. The number of thioether (sulfide) groups is 1. The smallest absolute Gasteiger partial charge is 0.257 e. The third-order valence-corrected chi connectivity index (χ3v) is 5.21. The molecule has 0 spiro atoms. The zero-order valence-electron chi connectivity index (χ0n) is 15.5. The number of anilines is 1. The van der Waals surface area contributed by atoms with Crippen LogP contribution in [0, 0.1) is 6.92 Å². The lowest BCUT2D eigenvalue weighted by atomic mass is 10.0. The second-order valence-corrected chi connectivity index (χ2v) is 7.50. The van der Waals surface area contributed by atoms with Gasteiger partial charge in [0.15, 0.2) is 5.82 Å². The Kier molecular flexibility index (Phi) is 6.75. The Labute approximate surface area is 166 Å². The largest absolute Gasteiger partial charge is 0.472 e. The molecule has 0 unspecified atom stereocenters. The summed E-state index contributed by atoms with van der Waals surface area (Å²) in [4.78, 5) is 37.9. The lowest BCUT2D eigenvalue weighted by Gasteiger charge is -2.32. The summed E-state index contributed by atoms with van der Waals surface area (Å²) in [6.07, 6.45) is 4.32. The van der Waals surface area contributed by atoms with E-state index in [1.54, 1.807) is 24.0 Å². The first-order valence-corrected chi connectivity index (χ1v) is 10.1. The summed E-state index contributed by atoms with van der Waals surface area (Å²) >= 11 is 1.23. The first-order valence-electron chi connectivity index (χ1n) is 8.93. The normalized spacial score (nSPS) is 14.7. The topological polar surface area (TPSA) is 118 Å². The van der Waals surface area contributed by atoms with Crippen LogP contribution in [0.25, 0.3) is 0 Å². The number of hydrogen-bond acceptors (Lipinski definition) is 7. The number of rotatable bonds is 7. The second kappa shape index (κ2) is 9.45. The van der Waals surface area contributed by atoms with Gasteiger partial charge in [0.1, 0.15) is 12.0 Å². The van der Waals surface area contributed by atoms with E-state index in [9.17, 15) is 14.4 Å². The average molecular weight is 406 g/mol. The Hall–Kier alpha value is -2.75. The van der Waals surface area contributed by atoms with Crippen LogP contribution in [0.4, 0.5) is 5.82 Å². The van der Waals surface area contributed by atoms with E-state index in [4.69, 9.17) is 8.94 Å². The number of hydrogen-bond donors (Lipinski definition) is 2. The molecule has 2 N–H and O–H groups in total. The number of nitrogens with zero attached hydrogens (tertiary/aromatic N) is 2. The van der Waals surface area contributed by atoms with Gasteiger partial charge in [0.25, 0.3) is 5.91 Å². The molecule has 28 heavy (non-hydrogen) atoms. The molecule has 150 valence electrons. The molecule has 3 amide bonds. The van der Waals surface area contributed by atoms with Crippen molar-refractivity contribution < 1.29 is 23.3 Å². The van der Waals surface area contributed by atoms with Crippen LogP contribution in [0.15, 0.2) is 33.6 Å². The van der Waals surface area contributed by atoms with Gasteiger partial charge < -0.3 is 24.5 Å². The molecule has 1 saturated heterocycles. The molecule has 0 bridgehead atoms. The number of amides is 3. The molecule has 2 aromatic rings. The zero-order valence-corrected chi connectivity index (χ0v) is 16.3. The number of nitrogens with one attached hydrogen (secondary N) is 2. The minimum Gasteiger partial charge on any atom is -0.472 e. The summed E-state index contributed by atoms with van der Waals surface area (Å²) in [7, 11) is 0. The minimum absolute atomic E-state index is 0.0356. The van der Waals surface area contributed by atoms with E-state index in [2.05, 4.69) is 15.8 Å². The van der Waals surface area contributed by atoms with E-state index in [0.29, 0.717) is 43.1 Å². The lowest BCUT2D eigenvalue weighted by molar-refractivity contribution is -0.119. The van der Waals surface area contributed by atoms with Gasteiger partial charge in [-0.1, -0.05) is 5.16 Å². The molecule has 0 saturated carbocycles. The van der Waals surface area contributed by atoms with Gasteiger partial charge >= 0.3 is 0 Å². The van der Waals surface area contributed by atoms with Crippen molar-refractivity contribution in [2.24, 2.45) is 0 Å². The van der Waals surface area contributed by atoms with E-state index in [0.717, 1.165) is 0 Å². The third kappa shape index (κ3) is 5.62. The van der Waals surface area contributed by atoms with Gasteiger partial charge in [0, 0.05) is 25.2 Å². The van der Waals surface area contributed by atoms with Crippen molar-refractivity contribution in [1.82, 2.24) is 15.4 Å². The molecule has 1 aliphatic heterocycles. The van der Waals surface area contributed by atoms with E-state index in [1.807, 2.05) is 0 Å². The molecule has 0 aromatic carbocycles. The first-order chi connectivity index (χ1) is 13.5. The quantitative estimate of drug-likeness (QED) is 0.718. The number of aryl methyl sites for hydroxylation is 1. The fourth-order valence-corrected chi connectivity index (χ4v) is 3.53. The second-order valence-electron chi connectivity index (χ2n) is 6.51. The molecule has 0 aliphatic carbocycles. The van der Waals surface area contributed by atoms with E-state index in [-0.39, 0.29) is 35.3 Å². The van der Waals surface area contributed by atoms with E-state index < -0.39 is 0 Å². The van der Waals surface area contributed by atoms with Gasteiger partial charge in [-0.3, -0.25) is 14.4 Å². The predicted molar refractivity (Wildman–Crippen MR) is 103 cm³/mol. The van der Waals surface area contributed by atoms with Crippen LogP contribution >= 0.6 is 11.8 Å². The van der Waals surface area contributed by atoms with Crippen molar-refractivity contribution >= 4 is 35.3 Å². The maximum absolute atomic E-state index is 12.3. The molecule has 1 aliphatic rings. The van der Waals surface area contributed by atoms with Crippen molar-refractivity contribution in [3.8, 4) is 0 Å². The summed E-state index contributed by atoms with van der Waals surface area (Å²) in [5.41, 5.74) is 0.540. The highest BCUT2D eigenvalue weighted by Gasteiger charge is 2.25. The Morgan fingerprint density at radius 2 is 2.00 bits per heavy atom. The lowest BCUT2D eigenvalue weighted by Crippen LogP contribution is -2.47. The van der Waals surface area contributed by atoms with Crippen LogP contribution in [0.5, 0.6) is 0 Å². The van der Waals surface area contributed by atoms with Crippen molar-refractivity contribution in [3.63, 3.8) is 0 Å². The number of carbonyl (C=O) groups excluding carboxylic acids is 3. The summed E-state index contributed by atoms with van der Waals surface area (Å²) < 4.78 is 9.82. The highest BCUT2D eigenvalue weighted by molar-refractivity contribution is 8.00.